The summed E-state index contributed by atoms with van der Waals surface area (Å²) in [6.45, 7) is 4.96. The molecule has 0 aromatic carbocycles. The van der Waals surface area contributed by atoms with Crippen molar-refractivity contribution in [1.82, 2.24) is 4.90 Å². The summed E-state index contributed by atoms with van der Waals surface area (Å²) >= 11 is 0. The number of hydrogen-bond acceptors (Lipinski definition) is 1. The number of fused-ring (bicyclic) bond motifs is 1. The first-order valence-corrected chi connectivity index (χ1v) is 12.0. The molecule has 4 saturated carbocycles. The summed E-state index contributed by atoms with van der Waals surface area (Å²) in [5, 5.41) is 0. The van der Waals surface area contributed by atoms with E-state index in [-0.39, 0.29) is 0 Å². The lowest BCUT2D eigenvalue weighted by Crippen LogP contribution is -2.53. The highest BCUT2D eigenvalue weighted by Gasteiger charge is 2.40. The van der Waals surface area contributed by atoms with Crippen molar-refractivity contribution in [2.45, 2.75) is 128 Å². The van der Waals surface area contributed by atoms with Crippen molar-refractivity contribution >= 4 is 0 Å². The molecule has 3 atom stereocenters. The van der Waals surface area contributed by atoms with Gasteiger partial charge in [0.2, 0.25) is 0 Å². The van der Waals surface area contributed by atoms with Crippen LogP contribution in [-0.2, 0) is 0 Å². The molecule has 144 valence electrons. The molecule has 0 saturated heterocycles. The second-order valence-electron chi connectivity index (χ2n) is 10.5. The smallest absolute Gasteiger partial charge is 0.0104 e. The first-order chi connectivity index (χ1) is 12.2. The number of hydrogen-bond donors (Lipinski definition) is 0. The van der Waals surface area contributed by atoms with Gasteiger partial charge in [0.25, 0.3) is 0 Å². The number of rotatable bonds is 3. The van der Waals surface area contributed by atoms with E-state index in [1.165, 1.54) is 70.6 Å². The van der Waals surface area contributed by atoms with Gasteiger partial charge < -0.3 is 0 Å². The van der Waals surface area contributed by atoms with Gasteiger partial charge in [0.15, 0.2) is 0 Å². The fraction of sp³-hybridized carbons (Fsp3) is 1.00. The Kier molecular flexibility index (Phi) is 6.10. The van der Waals surface area contributed by atoms with Crippen molar-refractivity contribution in [3.63, 3.8) is 0 Å². The summed E-state index contributed by atoms with van der Waals surface area (Å²) in [7, 11) is 0. The maximum atomic E-state index is 3.17. The van der Waals surface area contributed by atoms with Crippen LogP contribution in [0.15, 0.2) is 0 Å². The average molecular weight is 346 g/mol. The highest BCUT2D eigenvalue weighted by atomic mass is 15.2. The van der Waals surface area contributed by atoms with E-state index >= 15 is 0 Å². The zero-order valence-electron chi connectivity index (χ0n) is 17.1. The van der Waals surface area contributed by atoms with Gasteiger partial charge in [-0.05, 0) is 94.3 Å². The third-order valence-electron chi connectivity index (χ3n) is 8.75. The fourth-order valence-electron chi connectivity index (χ4n) is 7.10. The normalized spacial score (nSPS) is 46.0. The molecule has 25 heavy (non-hydrogen) atoms. The molecule has 0 N–H and O–H groups in total. The van der Waals surface area contributed by atoms with Crippen molar-refractivity contribution in [3.05, 3.63) is 0 Å². The Morgan fingerprint density at radius 3 is 1.52 bits per heavy atom. The molecule has 4 aliphatic carbocycles. The molecule has 0 aliphatic heterocycles. The van der Waals surface area contributed by atoms with Crippen molar-refractivity contribution in [2.75, 3.05) is 0 Å². The molecular weight excluding hydrogens is 302 g/mol. The minimum Gasteiger partial charge on any atom is -0.294 e. The Hall–Kier alpha value is -0.0400. The lowest BCUT2D eigenvalue weighted by Gasteiger charge is -2.51. The molecule has 1 heteroatoms. The van der Waals surface area contributed by atoms with Crippen LogP contribution in [0, 0.1) is 23.7 Å². The maximum absolute atomic E-state index is 3.17. The summed E-state index contributed by atoms with van der Waals surface area (Å²) in [4.78, 5) is 3.17. The predicted octanol–water partition coefficient (Wildman–Crippen LogP) is 6.80. The molecule has 4 aliphatic rings. The molecule has 1 nitrogen and oxygen atoms in total. The first-order valence-electron chi connectivity index (χ1n) is 12.0. The van der Waals surface area contributed by atoms with Crippen LogP contribution in [-0.4, -0.2) is 23.0 Å². The molecule has 0 aromatic heterocycles. The minimum atomic E-state index is 0.930. The van der Waals surface area contributed by atoms with Crippen LogP contribution in [0.4, 0.5) is 0 Å². The van der Waals surface area contributed by atoms with Crippen LogP contribution in [0.1, 0.15) is 110 Å². The average Bonchev–Trinajstić information content (AvgIpc) is 2.65. The fourth-order valence-corrected chi connectivity index (χ4v) is 7.10. The SMILES string of the molecule is CC1CCC(N(C2CCC(C)CC2)C2CCC3CCCCC3C2)CC1. The summed E-state index contributed by atoms with van der Waals surface area (Å²) in [5.41, 5.74) is 0. The van der Waals surface area contributed by atoms with Crippen LogP contribution in [0.25, 0.3) is 0 Å². The van der Waals surface area contributed by atoms with E-state index in [1.807, 2.05) is 0 Å². The predicted molar refractivity (Wildman–Crippen MR) is 108 cm³/mol. The van der Waals surface area contributed by atoms with E-state index in [9.17, 15) is 0 Å². The zero-order chi connectivity index (χ0) is 17.2. The molecule has 4 fully saturated rings. The van der Waals surface area contributed by atoms with Gasteiger partial charge in [-0.1, -0.05) is 39.5 Å². The van der Waals surface area contributed by atoms with Crippen molar-refractivity contribution in [1.29, 1.82) is 0 Å². The molecule has 0 aromatic rings. The van der Waals surface area contributed by atoms with Gasteiger partial charge in [-0.15, -0.1) is 0 Å². The van der Waals surface area contributed by atoms with Crippen molar-refractivity contribution in [3.8, 4) is 0 Å². The van der Waals surface area contributed by atoms with Crippen molar-refractivity contribution < 1.29 is 0 Å². The van der Waals surface area contributed by atoms with E-state index in [1.54, 1.807) is 25.7 Å². The van der Waals surface area contributed by atoms with E-state index < -0.39 is 0 Å². The molecule has 4 rings (SSSR count). The Morgan fingerprint density at radius 2 is 0.960 bits per heavy atom. The first kappa shape index (κ1) is 18.3. The lowest BCUT2D eigenvalue weighted by atomic mass is 9.68. The molecule has 0 amide bonds. The van der Waals surface area contributed by atoms with E-state index in [2.05, 4.69) is 18.7 Å². The molecule has 3 unspecified atom stereocenters. The summed E-state index contributed by atoms with van der Waals surface area (Å²) < 4.78 is 0. The summed E-state index contributed by atoms with van der Waals surface area (Å²) in [6, 6.07) is 2.80. The van der Waals surface area contributed by atoms with Crippen LogP contribution >= 0.6 is 0 Å². The third kappa shape index (κ3) is 4.28. The quantitative estimate of drug-likeness (QED) is 0.543. The van der Waals surface area contributed by atoms with E-state index in [0.29, 0.717) is 0 Å². The van der Waals surface area contributed by atoms with E-state index in [0.717, 1.165) is 41.8 Å². The molecule has 0 radical (unpaired) electrons. The van der Waals surface area contributed by atoms with Crippen molar-refractivity contribution in [2.24, 2.45) is 23.7 Å². The van der Waals surface area contributed by atoms with Gasteiger partial charge >= 0.3 is 0 Å². The molecule has 0 bridgehead atoms. The second kappa shape index (κ2) is 8.32. The van der Waals surface area contributed by atoms with Crippen LogP contribution < -0.4 is 0 Å². The Morgan fingerprint density at radius 1 is 0.480 bits per heavy atom. The van der Waals surface area contributed by atoms with Gasteiger partial charge in [0.05, 0.1) is 0 Å². The highest BCUT2D eigenvalue weighted by molar-refractivity contribution is 4.94. The lowest BCUT2D eigenvalue weighted by molar-refractivity contribution is -0.0135. The van der Waals surface area contributed by atoms with Gasteiger partial charge in [0.1, 0.15) is 0 Å². The third-order valence-corrected chi connectivity index (χ3v) is 8.75. The maximum Gasteiger partial charge on any atom is 0.0104 e. The largest absolute Gasteiger partial charge is 0.294 e. The summed E-state index contributed by atoms with van der Waals surface area (Å²) in [6.07, 6.45) is 22.7. The zero-order valence-corrected chi connectivity index (χ0v) is 17.1. The van der Waals surface area contributed by atoms with Crippen LogP contribution in [0.5, 0.6) is 0 Å². The van der Waals surface area contributed by atoms with Crippen LogP contribution in [0.3, 0.4) is 0 Å². The Balaban J connectivity index is 1.46. The second-order valence-corrected chi connectivity index (χ2v) is 10.5. The minimum absolute atomic E-state index is 0.930. The van der Waals surface area contributed by atoms with Gasteiger partial charge in [-0.3, -0.25) is 4.90 Å². The molecule has 0 spiro atoms. The van der Waals surface area contributed by atoms with Gasteiger partial charge in [0, 0.05) is 18.1 Å². The Bertz CT molecular complexity index is 380. The summed E-state index contributed by atoms with van der Waals surface area (Å²) in [5.74, 6) is 4.15. The monoisotopic (exact) mass is 345 g/mol. The topological polar surface area (TPSA) is 3.24 Å². The molecule has 0 heterocycles. The van der Waals surface area contributed by atoms with Crippen LogP contribution in [0.2, 0.25) is 0 Å². The van der Waals surface area contributed by atoms with E-state index in [4.69, 9.17) is 0 Å². The van der Waals surface area contributed by atoms with Gasteiger partial charge in [-0.2, -0.15) is 0 Å². The standard InChI is InChI=1S/C24H43N/c1-18-7-12-22(13-8-18)25(23-14-9-19(2)10-15-23)24-16-11-20-5-3-4-6-21(20)17-24/h18-24H,3-17H2,1-2H3. The number of nitrogens with zero attached hydrogens (tertiary/aromatic N) is 1. The van der Waals surface area contributed by atoms with Gasteiger partial charge in [-0.25, -0.2) is 0 Å². The Labute approximate surface area is 157 Å². The molecular formula is C24H43N. The highest BCUT2D eigenvalue weighted by Crippen LogP contribution is 2.45.